The van der Waals surface area contributed by atoms with Gasteiger partial charge in [0, 0.05) is 11.3 Å². The van der Waals surface area contributed by atoms with Crippen molar-refractivity contribution < 1.29 is 9.84 Å². The van der Waals surface area contributed by atoms with Gasteiger partial charge in [0.05, 0.1) is 21.9 Å². The molecule has 2 aromatic rings. The molecule has 2 rings (SSSR count). The molecule has 0 aliphatic rings. The highest BCUT2D eigenvalue weighted by Crippen LogP contribution is 2.34. The zero-order valence-electron chi connectivity index (χ0n) is 8.64. The van der Waals surface area contributed by atoms with Crippen LogP contribution in [0, 0.1) is 0 Å². The third-order valence-corrected chi connectivity index (χ3v) is 4.85. The van der Waals surface area contributed by atoms with E-state index in [0.29, 0.717) is 6.42 Å². The summed E-state index contributed by atoms with van der Waals surface area (Å²) in [5.74, 6) is 0.771. The molecular formula is C11H11BrO2S2. The second kappa shape index (κ2) is 5.31. The number of halogens is 1. The Hall–Kier alpha value is -0.360. The highest BCUT2D eigenvalue weighted by Gasteiger charge is 2.16. The van der Waals surface area contributed by atoms with E-state index in [9.17, 15) is 5.11 Å². The monoisotopic (exact) mass is 318 g/mol. The van der Waals surface area contributed by atoms with Gasteiger partial charge in [0.15, 0.2) is 0 Å². The zero-order chi connectivity index (χ0) is 11.5. The van der Waals surface area contributed by atoms with Gasteiger partial charge in [-0.25, -0.2) is 0 Å². The molecule has 0 bridgehead atoms. The number of rotatable bonds is 4. The molecule has 1 N–H and O–H groups in total. The van der Waals surface area contributed by atoms with E-state index in [4.69, 9.17) is 4.74 Å². The van der Waals surface area contributed by atoms with Gasteiger partial charge < -0.3 is 9.84 Å². The van der Waals surface area contributed by atoms with Crippen molar-refractivity contribution in [3.05, 3.63) is 37.1 Å². The molecule has 16 heavy (non-hydrogen) atoms. The molecule has 2 aromatic heterocycles. The minimum atomic E-state index is -0.486. The third kappa shape index (κ3) is 2.66. The lowest BCUT2D eigenvalue weighted by molar-refractivity contribution is 0.179. The molecule has 0 aliphatic heterocycles. The number of hydrogen-bond acceptors (Lipinski definition) is 4. The van der Waals surface area contributed by atoms with Crippen LogP contribution in [0.25, 0.3) is 0 Å². The van der Waals surface area contributed by atoms with E-state index in [2.05, 4.69) is 15.9 Å². The minimum absolute atomic E-state index is 0.486. The standard InChI is InChI=1S/C11H11BrO2S2/c1-14-9-4-5-15-11(9)8(13)6-7-2-3-10(12)16-7/h2-5,8,13H,6H2,1H3. The Labute approximate surface area is 111 Å². The zero-order valence-corrected chi connectivity index (χ0v) is 11.9. The Morgan fingerprint density at radius 1 is 1.44 bits per heavy atom. The molecule has 0 aromatic carbocycles. The molecule has 0 saturated carbocycles. The van der Waals surface area contributed by atoms with E-state index >= 15 is 0 Å². The molecule has 0 aliphatic carbocycles. The van der Waals surface area contributed by atoms with Crippen molar-refractivity contribution in [2.45, 2.75) is 12.5 Å². The Bertz CT molecular complexity index is 464. The highest BCUT2D eigenvalue weighted by atomic mass is 79.9. The van der Waals surface area contributed by atoms with Gasteiger partial charge in [-0.3, -0.25) is 0 Å². The van der Waals surface area contributed by atoms with Crippen molar-refractivity contribution in [3.8, 4) is 5.75 Å². The Morgan fingerprint density at radius 3 is 2.88 bits per heavy atom. The average molecular weight is 319 g/mol. The summed E-state index contributed by atoms with van der Waals surface area (Å²) in [6, 6.07) is 5.91. The largest absolute Gasteiger partial charge is 0.495 e. The van der Waals surface area contributed by atoms with Crippen molar-refractivity contribution >= 4 is 38.6 Å². The first kappa shape index (κ1) is 12.1. The molecule has 0 spiro atoms. The van der Waals surface area contributed by atoms with Crippen molar-refractivity contribution in [3.63, 3.8) is 0 Å². The summed E-state index contributed by atoms with van der Waals surface area (Å²) in [5, 5.41) is 12.0. The fourth-order valence-corrected chi connectivity index (χ4v) is 3.83. The van der Waals surface area contributed by atoms with Crippen LogP contribution in [0.4, 0.5) is 0 Å². The first-order valence-electron chi connectivity index (χ1n) is 4.74. The first-order valence-corrected chi connectivity index (χ1v) is 7.23. The Morgan fingerprint density at radius 2 is 2.25 bits per heavy atom. The normalized spacial score (nSPS) is 12.7. The van der Waals surface area contributed by atoms with Gasteiger partial charge in [-0.1, -0.05) is 0 Å². The second-order valence-corrected chi connectivity index (χ2v) is 6.77. The van der Waals surface area contributed by atoms with Gasteiger partial charge in [0.25, 0.3) is 0 Å². The number of ether oxygens (including phenoxy) is 1. The summed E-state index contributed by atoms with van der Waals surface area (Å²) in [6.45, 7) is 0. The molecular weight excluding hydrogens is 308 g/mol. The van der Waals surface area contributed by atoms with E-state index in [-0.39, 0.29) is 0 Å². The SMILES string of the molecule is COc1ccsc1C(O)Cc1ccc(Br)s1. The lowest BCUT2D eigenvalue weighted by Crippen LogP contribution is -1.99. The first-order chi connectivity index (χ1) is 7.70. The maximum atomic E-state index is 10.1. The minimum Gasteiger partial charge on any atom is -0.495 e. The van der Waals surface area contributed by atoms with Gasteiger partial charge >= 0.3 is 0 Å². The molecule has 2 heterocycles. The van der Waals surface area contributed by atoms with Crippen LogP contribution in [0.1, 0.15) is 15.9 Å². The molecule has 0 amide bonds. The predicted molar refractivity (Wildman–Crippen MR) is 71.6 cm³/mol. The number of methoxy groups -OCH3 is 1. The summed E-state index contributed by atoms with van der Waals surface area (Å²) in [4.78, 5) is 2.06. The highest BCUT2D eigenvalue weighted by molar-refractivity contribution is 9.11. The average Bonchev–Trinajstić information content (AvgIpc) is 2.86. The maximum absolute atomic E-state index is 10.1. The molecule has 1 unspecified atom stereocenters. The number of thiophene rings is 2. The molecule has 5 heteroatoms. The second-order valence-electron chi connectivity index (χ2n) is 3.28. The summed E-state index contributed by atoms with van der Waals surface area (Å²) in [6.07, 6.45) is 0.146. The topological polar surface area (TPSA) is 29.5 Å². The van der Waals surface area contributed by atoms with E-state index < -0.39 is 6.10 Å². The fraction of sp³-hybridized carbons (Fsp3) is 0.273. The van der Waals surface area contributed by atoms with Crippen LogP contribution < -0.4 is 4.74 Å². The summed E-state index contributed by atoms with van der Waals surface area (Å²) in [5.41, 5.74) is 0. The van der Waals surface area contributed by atoms with E-state index in [1.807, 2.05) is 23.6 Å². The fourth-order valence-electron chi connectivity index (χ4n) is 1.47. The smallest absolute Gasteiger partial charge is 0.135 e. The van der Waals surface area contributed by atoms with Crippen LogP contribution in [0.5, 0.6) is 5.75 Å². The Balaban J connectivity index is 2.11. The molecule has 0 saturated heterocycles. The maximum Gasteiger partial charge on any atom is 0.135 e. The van der Waals surface area contributed by atoms with Crippen LogP contribution in [0.3, 0.4) is 0 Å². The van der Waals surface area contributed by atoms with E-state index in [0.717, 1.165) is 19.3 Å². The van der Waals surface area contributed by atoms with Crippen LogP contribution in [-0.4, -0.2) is 12.2 Å². The lowest BCUT2D eigenvalue weighted by atomic mass is 10.2. The van der Waals surface area contributed by atoms with Crippen LogP contribution in [0.2, 0.25) is 0 Å². The van der Waals surface area contributed by atoms with Crippen LogP contribution >= 0.6 is 38.6 Å². The van der Waals surface area contributed by atoms with Crippen LogP contribution in [-0.2, 0) is 6.42 Å². The van der Waals surface area contributed by atoms with Gasteiger partial charge in [-0.2, -0.15) is 0 Å². The van der Waals surface area contributed by atoms with Crippen molar-refractivity contribution in [2.24, 2.45) is 0 Å². The number of aliphatic hydroxyl groups is 1. The van der Waals surface area contributed by atoms with Gasteiger partial charge in [0.2, 0.25) is 0 Å². The lowest BCUT2D eigenvalue weighted by Gasteiger charge is -2.09. The van der Waals surface area contributed by atoms with E-state index in [1.165, 1.54) is 11.3 Å². The molecule has 86 valence electrons. The summed E-state index contributed by atoms with van der Waals surface area (Å²) in [7, 11) is 1.63. The molecule has 0 radical (unpaired) electrons. The van der Waals surface area contributed by atoms with Crippen LogP contribution in [0.15, 0.2) is 27.4 Å². The van der Waals surface area contributed by atoms with Gasteiger partial charge in [-0.15, -0.1) is 22.7 Å². The number of aliphatic hydroxyl groups excluding tert-OH is 1. The third-order valence-electron chi connectivity index (χ3n) is 2.20. The predicted octanol–water partition coefficient (Wildman–Crippen LogP) is 3.86. The molecule has 2 nitrogen and oxygen atoms in total. The Kier molecular flexibility index (Phi) is 4.02. The quantitative estimate of drug-likeness (QED) is 0.927. The van der Waals surface area contributed by atoms with Crippen molar-refractivity contribution in [2.75, 3.05) is 7.11 Å². The molecule has 1 atom stereocenters. The van der Waals surface area contributed by atoms with Gasteiger partial charge in [-0.05, 0) is 39.5 Å². The number of hydrogen-bond donors (Lipinski definition) is 1. The van der Waals surface area contributed by atoms with E-state index in [1.54, 1.807) is 18.4 Å². The van der Waals surface area contributed by atoms with Crippen molar-refractivity contribution in [1.29, 1.82) is 0 Å². The summed E-state index contributed by atoms with van der Waals surface area (Å²) < 4.78 is 6.28. The van der Waals surface area contributed by atoms with Gasteiger partial charge in [0.1, 0.15) is 5.75 Å². The van der Waals surface area contributed by atoms with Crippen molar-refractivity contribution in [1.82, 2.24) is 0 Å². The summed E-state index contributed by atoms with van der Waals surface area (Å²) >= 11 is 6.59. The molecule has 0 fully saturated rings.